The van der Waals surface area contributed by atoms with E-state index in [2.05, 4.69) is 4.98 Å². The minimum atomic E-state index is 0.301. The third kappa shape index (κ3) is 3.87. The molecular formula is C13H20N2OS. The Morgan fingerprint density at radius 1 is 1.47 bits per heavy atom. The number of aromatic nitrogens is 2. The normalized spacial score (nSPS) is 17.2. The fourth-order valence-corrected chi connectivity index (χ4v) is 3.43. The van der Waals surface area contributed by atoms with Gasteiger partial charge in [-0.2, -0.15) is 11.8 Å². The summed E-state index contributed by atoms with van der Waals surface area (Å²) in [5, 5.41) is 0.717. The van der Waals surface area contributed by atoms with E-state index in [9.17, 15) is 4.79 Å². The standard InChI is InChI=1S/C13H20N2OS/c1-15-8-7-14-13(15)9-11(16)10-17-12-5-3-2-4-6-12/h7-8,12H,2-6,9-10H2,1H3. The molecule has 0 unspecified atom stereocenters. The van der Waals surface area contributed by atoms with Crippen molar-refractivity contribution in [1.82, 2.24) is 9.55 Å². The Kier molecular flexibility index (Phi) is 4.66. The van der Waals surface area contributed by atoms with Crippen molar-refractivity contribution in [2.45, 2.75) is 43.8 Å². The lowest BCUT2D eigenvalue weighted by Gasteiger charge is -2.20. The zero-order valence-electron chi connectivity index (χ0n) is 10.4. The van der Waals surface area contributed by atoms with E-state index in [1.165, 1.54) is 32.1 Å². The molecule has 4 heteroatoms. The summed E-state index contributed by atoms with van der Waals surface area (Å²) in [5.74, 6) is 1.83. The second-order valence-electron chi connectivity index (χ2n) is 4.74. The SMILES string of the molecule is Cn1ccnc1CC(=O)CSC1CCCCC1. The lowest BCUT2D eigenvalue weighted by Crippen LogP contribution is -2.14. The van der Waals surface area contributed by atoms with Gasteiger partial charge in [-0.15, -0.1) is 0 Å². The Morgan fingerprint density at radius 3 is 2.88 bits per heavy atom. The topological polar surface area (TPSA) is 34.9 Å². The van der Waals surface area contributed by atoms with E-state index in [0.29, 0.717) is 23.2 Å². The summed E-state index contributed by atoms with van der Waals surface area (Å²) in [5.41, 5.74) is 0. The highest BCUT2D eigenvalue weighted by Crippen LogP contribution is 2.28. The number of hydrogen-bond acceptors (Lipinski definition) is 3. The molecule has 17 heavy (non-hydrogen) atoms. The van der Waals surface area contributed by atoms with Crippen LogP contribution in [0.4, 0.5) is 0 Å². The quantitative estimate of drug-likeness (QED) is 0.808. The van der Waals surface area contributed by atoms with Crippen molar-refractivity contribution in [2.24, 2.45) is 7.05 Å². The average molecular weight is 252 g/mol. The van der Waals surface area contributed by atoms with Crippen molar-refractivity contribution in [3.8, 4) is 0 Å². The first-order valence-corrected chi connectivity index (χ1v) is 7.40. The molecule has 0 N–H and O–H groups in total. The second-order valence-corrected chi connectivity index (χ2v) is 6.03. The molecule has 0 aliphatic heterocycles. The summed E-state index contributed by atoms with van der Waals surface area (Å²) in [6.07, 6.45) is 10.7. The van der Waals surface area contributed by atoms with Gasteiger partial charge in [-0.3, -0.25) is 4.79 Å². The van der Waals surface area contributed by atoms with Crippen LogP contribution in [0.25, 0.3) is 0 Å². The number of aryl methyl sites for hydroxylation is 1. The van der Waals surface area contributed by atoms with Crippen molar-refractivity contribution in [3.63, 3.8) is 0 Å². The Labute approximate surface area is 107 Å². The number of imidazole rings is 1. The minimum absolute atomic E-state index is 0.301. The van der Waals surface area contributed by atoms with E-state index in [1.807, 2.05) is 29.6 Å². The fraction of sp³-hybridized carbons (Fsp3) is 0.692. The van der Waals surface area contributed by atoms with E-state index in [1.54, 1.807) is 6.20 Å². The molecule has 1 aliphatic rings. The van der Waals surface area contributed by atoms with E-state index >= 15 is 0 Å². The minimum Gasteiger partial charge on any atom is -0.338 e. The van der Waals surface area contributed by atoms with Crippen molar-refractivity contribution in [1.29, 1.82) is 0 Å². The molecule has 0 saturated heterocycles. The largest absolute Gasteiger partial charge is 0.338 e. The van der Waals surface area contributed by atoms with Gasteiger partial charge in [0.15, 0.2) is 0 Å². The predicted octanol–water partition coefficient (Wildman–Crippen LogP) is 2.60. The molecule has 94 valence electrons. The highest BCUT2D eigenvalue weighted by atomic mass is 32.2. The number of thioether (sulfide) groups is 1. The summed E-state index contributed by atoms with van der Waals surface area (Å²) in [6, 6.07) is 0. The van der Waals surface area contributed by atoms with Gasteiger partial charge < -0.3 is 4.57 Å². The number of ketones is 1. The summed E-state index contributed by atoms with van der Waals surface area (Å²) < 4.78 is 1.92. The monoisotopic (exact) mass is 252 g/mol. The molecule has 0 spiro atoms. The van der Waals surface area contributed by atoms with Crippen molar-refractivity contribution < 1.29 is 4.79 Å². The maximum Gasteiger partial charge on any atom is 0.150 e. The van der Waals surface area contributed by atoms with Crippen LogP contribution < -0.4 is 0 Å². The zero-order valence-corrected chi connectivity index (χ0v) is 11.2. The van der Waals surface area contributed by atoms with Gasteiger partial charge in [0, 0.05) is 24.7 Å². The third-order valence-electron chi connectivity index (χ3n) is 3.31. The Bertz CT molecular complexity index is 369. The molecular weight excluding hydrogens is 232 g/mol. The van der Waals surface area contributed by atoms with E-state index in [-0.39, 0.29) is 0 Å². The molecule has 0 radical (unpaired) electrons. The van der Waals surface area contributed by atoms with Crippen LogP contribution in [-0.4, -0.2) is 26.3 Å². The lowest BCUT2D eigenvalue weighted by atomic mass is 10.0. The number of carbonyl (C=O) groups excluding carboxylic acids is 1. The first-order chi connectivity index (χ1) is 8.25. The van der Waals surface area contributed by atoms with Crippen LogP contribution in [0.15, 0.2) is 12.4 Å². The molecule has 0 atom stereocenters. The molecule has 1 aromatic heterocycles. The summed E-state index contributed by atoms with van der Waals surface area (Å²) in [4.78, 5) is 16.0. The van der Waals surface area contributed by atoms with E-state index in [0.717, 1.165) is 5.82 Å². The molecule has 2 rings (SSSR count). The first-order valence-electron chi connectivity index (χ1n) is 6.35. The lowest BCUT2D eigenvalue weighted by molar-refractivity contribution is -0.116. The van der Waals surface area contributed by atoms with Crippen LogP contribution in [0.2, 0.25) is 0 Å². The highest BCUT2D eigenvalue weighted by molar-refractivity contribution is 8.00. The van der Waals surface area contributed by atoms with Crippen molar-refractivity contribution in [2.75, 3.05) is 5.75 Å². The first kappa shape index (κ1) is 12.7. The number of Topliss-reactive ketones (excluding diaryl/α,β-unsaturated/α-hetero) is 1. The Morgan fingerprint density at radius 2 is 2.24 bits per heavy atom. The molecule has 0 amide bonds. The molecule has 0 aromatic carbocycles. The second kappa shape index (κ2) is 6.24. The van der Waals surface area contributed by atoms with Crippen LogP contribution in [0.1, 0.15) is 37.9 Å². The highest BCUT2D eigenvalue weighted by Gasteiger charge is 2.16. The summed E-state index contributed by atoms with van der Waals surface area (Å²) in [7, 11) is 1.93. The van der Waals surface area contributed by atoms with Crippen LogP contribution in [0, 0.1) is 0 Å². The molecule has 1 heterocycles. The molecule has 1 saturated carbocycles. The molecule has 0 bridgehead atoms. The molecule has 1 fully saturated rings. The van der Waals surface area contributed by atoms with Gasteiger partial charge in [0.2, 0.25) is 0 Å². The number of carbonyl (C=O) groups is 1. The number of nitrogens with zero attached hydrogens (tertiary/aromatic N) is 2. The van der Waals surface area contributed by atoms with Crippen LogP contribution in [0.3, 0.4) is 0 Å². The van der Waals surface area contributed by atoms with E-state index < -0.39 is 0 Å². The van der Waals surface area contributed by atoms with Gasteiger partial charge in [-0.05, 0) is 12.8 Å². The van der Waals surface area contributed by atoms with Gasteiger partial charge in [-0.25, -0.2) is 4.98 Å². The third-order valence-corrected chi connectivity index (χ3v) is 4.74. The van der Waals surface area contributed by atoms with Crippen LogP contribution in [0.5, 0.6) is 0 Å². The zero-order chi connectivity index (χ0) is 12.1. The van der Waals surface area contributed by atoms with Gasteiger partial charge in [-0.1, -0.05) is 19.3 Å². The van der Waals surface area contributed by atoms with Crippen LogP contribution >= 0.6 is 11.8 Å². The van der Waals surface area contributed by atoms with Gasteiger partial charge in [0.25, 0.3) is 0 Å². The Hall–Kier alpha value is -0.770. The molecule has 1 aliphatic carbocycles. The number of rotatable bonds is 5. The smallest absolute Gasteiger partial charge is 0.150 e. The van der Waals surface area contributed by atoms with Crippen LogP contribution in [-0.2, 0) is 18.3 Å². The van der Waals surface area contributed by atoms with Crippen molar-refractivity contribution in [3.05, 3.63) is 18.2 Å². The molecule has 3 nitrogen and oxygen atoms in total. The summed E-state index contributed by atoms with van der Waals surface area (Å²) in [6.45, 7) is 0. The summed E-state index contributed by atoms with van der Waals surface area (Å²) >= 11 is 1.85. The van der Waals surface area contributed by atoms with Crippen molar-refractivity contribution >= 4 is 17.5 Å². The fourth-order valence-electron chi connectivity index (χ4n) is 2.24. The van der Waals surface area contributed by atoms with Gasteiger partial charge in [0.05, 0.1) is 12.2 Å². The van der Waals surface area contributed by atoms with Gasteiger partial charge >= 0.3 is 0 Å². The average Bonchev–Trinajstić information content (AvgIpc) is 2.74. The van der Waals surface area contributed by atoms with E-state index in [4.69, 9.17) is 0 Å². The number of hydrogen-bond donors (Lipinski definition) is 0. The maximum absolute atomic E-state index is 11.8. The van der Waals surface area contributed by atoms with Gasteiger partial charge in [0.1, 0.15) is 11.6 Å². The predicted molar refractivity (Wildman–Crippen MR) is 71.3 cm³/mol. The maximum atomic E-state index is 11.8. The molecule has 1 aromatic rings. The Balaban J connectivity index is 1.72.